The third kappa shape index (κ3) is 3.59. The largest absolute Gasteiger partial charge is 0.469 e. The van der Waals surface area contributed by atoms with E-state index in [-0.39, 0.29) is 0 Å². The summed E-state index contributed by atoms with van der Waals surface area (Å²) in [6.45, 7) is 5.22. The van der Waals surface area contributed by atoms with Gasteiger partial charge in [0, 0.05) is 25.8 Å². The van der Waals surface area contributed by atoms with Gasteiger partial charge in [0.2, 0.25) is 0 Å². The minimum atomic E-state index is 0.671. The molecule has 0 spiro atoms. The van der Waals surface area contributed by atoms with Crippen molar-refractivity contribution < 1.29 is 9.47 Å². The first kappa shape index (κ1) is 15.6. The Hall–Kier alpha value is -1.95. The monoisotopic (exact) mass is 340 g/mol. The molecule has 5 heteroatoms. The molecule has 24 heavy (non-hydrogen) atoms. The molecule has 0 bridgehead atoms. The number of fused-ring (bicyclic) bond motifs is 1. The molecule has 3 aromatic rings. The van der Waals surface area contributed by atoms with E-state index in [1.165, 1.54) is 16.3 Å². The van der Waals surface area contributed by atoms with Gasteiger partial charge in [0.25, 0.3) is 5.19 Å². The highest BCUT2D eigenvalue weighted by molar-refractivity contribution is 7.16. The van der Waals surface area contributed by atoms with Gasteiger partial charge in [-0.25, -0.2) is 4.98 Å². The van der Waals surface area contributed by atoms with E-state index in [0.717, 1.165) is 42.9 Å². The molecule has 1 fully saturated rings. The topological polar surface area (TPSA) is 34.6 Å². The maximum absolute atomic E-state index is 5.82. The van der Waals surface area contributed by atoms with Gasteiger partial charge in [-0.15, -0.1) is 0 Å². The Balaban J connectivity index is 1.40. The van der Waals surface area contributed by atoms with E-state index in [9.17, 15) is 0 Å². The average Bonchev–Trinajstić information content (AvgIpc) is 3.11. The van der Waals surface area contributed by atoms with Crippen molar-refractivity contribution in [2.75, 3.05) is 39.5 Å². The molecule has 2 heterocycles. The highest BCUT2D eigenvalue weighted by Gasteiger charge is 2.11. The van der Waals surface area contributed by atoms with E-state index in [4.69, 9.17) is 9.47 Å². The molecule has 0 aliphatic carbocycles. The number of thiazole rings is 1. The van der Waals surface area contributed by atoms with Crippen LogP contribution in [0.15, 0.2) is 48.7 Å². The Bertz CT molecular complexity index is 812. The molecule has 0 radical (unpaired) electrons. The second kappa shape index (κ2) is 7.30. The molecule has 2 aromatic carbocycles. The second-order valence-electron chi connectivity index (χ2n) is 5.85. The van der Waals surface area contributed by atoms with Crippen LogP contribution in [0.25, 0.3) is 21.2 Å². The number of ether oxygens (including phenoxy) is 2. The summed E-state index contributed by atoms with van der Waals surface area (Å²) in [5, 5.41) is 3.25. The lowest BCUT2D eigenvalue weighted by molar-refractivity contribution is 0.0322. The zero-order chi connectivity index (χ0) is 16.2. The third-order valence-corrected chi connectivity index (χ3v) is 5.21. The van der Waals surface area contributed by atoms with Crippen LogP contribution in [0.1, 0.15) is 0 Å². The van der Waals surface area contributed by atoms with E-state index in [1.807, 2.05) is 6.20 Å². The van der Waals surface area contributed by atoms with Crippen LogP contribution < -0.4 is 4.74 Å². The summed E-state index contributed by atoms with van der Waals surface area (Å²) in [5.74, 6) is 0. The van der Waals surface area contributed by atoms with Crippen LogP contribution in [0.3, 0.4) is 0 Å². The lowest BCUT2D eigenvalue weighted by atomic mass is 10.1. The van der Waals surface area contributed by atoms with Crippen molar-refractivity contribution in [3.05, 3.63) is 48.7 Å². The van der Waals surface area contributed by atoms with Gasteiger partial charge in [-0.3, -0.25) is 4.90 Å². The highest BCUT2D eigenvalue weighted by atomic mass is 32.1. The zero-order valence-electron chi connectivity index (χ0n) is 13.5. The normalized spacial score (nSPS) is 15.7. The number of nitrogens with zero attached hydrogens (tertiary/aromatic N) is 2. The lowest BCUT2D eigenvalue weighted by Crippen LogP contribution is -2.38. The Labute approximate surface area is 145 Å². The van der Waals surface area contributed by atoms with Gasteiger partial charge in [-0.1, -0.05) is 47.7 Å². The van der Waals surface area contributed by atoms with Crippen molar-refractivity contribution in [1.82, 2.24) is 9.88 Å². The van der Waals surface area contributed by atoms with E-state index < -0.39 is 0 Å². The first-order valence-electron chi connectivity index (χ1n) is 8.26. The molecule has 0 amide bonds. The van der Waals surface area contributed by atoms with Gasteiger partial charge < -0.3 is 9.47 Å². The van der Waals surface area contributed by atoms with E-state index in [0.29, 0.717) is 6.61 Å². The van der Waals surface area contributed by atoms with Crippen LogP contribution in [0.4, 0.5) is 0 Å². The number of morpholine rings is 1. The molecule has 0 saturated carbocycles. The van der Waals surface area contributed by atoms with Gasteiger partial charge >= 0.3 is 0 Å². The molecule has 4 nitrogen and oxygen atoms in total. The average molecular weight is 340 g/mol. The Morgan fingerprint density at radius 1 is 1.08 bits per heavy atom. The SMILES string of the molecule is c1ccc2cc(-c3cnc(OCCN4CCOCC4)s3)ccc2c1. The summed E-state index contributed by atoms with van der Waals surface area (Å²) >= 11 is 1.60. The van der Waals surface area contributed by atoms with Crippen molar-refractivity contribution in [1.29, 1.82) is 0 Å². The predicted octanol–water partition coefficient (Wildman–Crippen LogP) is 3.67. The molecule has 1 saturated heterocycles. The van der Waals surface area contributed by atoms with E-state index >= 15 is 0 Å². The molecule has 0 atom stereocenters. The van der Waals surface area contributed by atoms with Crippen molar-refractivity contribution >= 4 is 22.1 Å². The summed E-state index contributed by atoms with van der Waals surface area (Å²) in [6.07, 6.45) is 1.90. The van der Waals surface area contributed by atoms with Gasteiger partial charge in [-0.05, 0) is 22.4 Å². The number of hydrogen-bond donors (Lipinski definition) is 0. The standard InChI is InChI=1S/C19H20N2O2S/c1-2-4-16-13-17(6-5-15(16)3-1)18-14-20-19(24-18)23-12-9-21-7-10-22-11-8-21/h1-6,13-14H,7-12H2. The number of rotatable bonds is 5. The van der Waals surface area contributed by atoms with Gasteiger partial charge in [0.05, 0.1) is 18.1 Å². The van der Waals surface area contributed by atoms with Gasteiger partial charge in [-0.2, -0.15) is 0 Å². The summed E-state index contributed by atoms with van der Waals surface area (Å²) in [5.41, 5.74) is 1.19. The molecule has 0 N–H and O–H groups in total. The fourth-order valence-corrected chi connectivity index (χ4v) is 3.67. The van der Waals surface area contributed by atoms with Crippen molar-refractivity contribution in [2.24, 2.45) is 0 Å². The second-order valence-corrected chi connectivity index (χ2v) is 6.85. The first-order valence-corrected chi connectivity index (χ1v) is 9.08. The Morgan fingerprint density at radius 2 is 1.92 bits per heavy atom. The molecule has 0 unspecified atom stereocenters. The summed E-state index contributed by atoms with van der Waals surface area (Å²) in [6, 6.07) is 14.9. The Kier molecular flexibility index (Phi) is 4.74. The maximum atomic E-state index is 5.82. The van der Waals surface area contributed by atoms with Crippen molar-refractivity contribution in [3.8, 4) is 15.6 Å². The smallest absolute Gasteiger partial charge is 0.273 e. The minimum absolute atomic E-state index is 0.671. The van der Waals surface area contributed by atoms with E-state index in [2.05, 4.69) is 52.3 Å². The third-order valence-electron chi connectivity index (χ3n) is 4.26. The fourth-order valence-electron chi connectivity index (χ4n) is 2.89. The fraction of sp³-hybridized carbons (Fsp3) is 0.316. The quantitative estimate of drug-likeness (QED) is 0.710. The number of aromatic nitrogens is 1. The molecule has 1 aliphatic rings. The molecule has 1 aromatic heterocycles. The number of benzene rings is 2. The van der Waals surface area contributed by atoms with Crippen LogP contribution in [0, 0.1) is 0 Å². The highest BCUT2D eigenvalue weighted by Crippen LogP contribution is 2.32. The molecule has 124 valence electrons. The predicted molar refractivity (Wildman–Crippen MR) is 97.8 cm³/mol. The molecule has 1 aliphatic heterocycles. The van der Waals surface area contributed by atoms with Gasteiger partial charge in [0.15, 0.2) is 0 Å². The van der Waals surface area contributed by atoms with Crippen LogP contribution in [-0.2, 0) is 4.74 Å². The van der Waals surface area contributed by atoms with Crippen LogP contribution in [-0.4, -0.2) is 49.3 Å². The zero-order valence-corrected chi connectivity index (χ0v) is 14.3. The van der Waals surface area contributed by atoms with E-state index in [1.54, 1.807) is 11.3 Å². The molecular weight excluding hydrogens is 320 g/mol. The maximum Gasteiger partial charge on any atom is 0.273 e. The summed E-state index contributed by atoms with van der Waals surface area (Å²) < 4.78 is 11.2. The van der Waals surface area contributed by atoms with Crippen LogP contribution in [0.5, 0.6) is 5.19 Å². The molecular formula is C19H20N2O2S. The van der Waals surface area contributed by atoms with Crippen LogP contribution in [0.2, 0.25) is 0 Å². The minimum Gasteiger partial charge on any atom is -0.469 e. The summed E-state index contributed by atoms with van der Waals surface area (Å²) in [4.78, 5) is 7.91. The van der Waals surface area contributed by atoms with Crippen molar-refractivity contribution in [3.63, 3.8) is 0 Å². The first-order chi connectivity index (χ1) is 11.9. The lowest BCUT2D eigenvalue weighted by Gasteiger charge is -2.26. The molecule has 4 rings (SSSR count). The van der Waals surface area contributed by atoms with Gasteiger partial charge in [0.1, 0.15) is 6.61 Å². The van der Waals surface area contributed by atoms with Crippen molar-refractivity contribution in [2.45, 2.75) is 0 Å². The Morgan fingerprint density at radius 3 is 2.79 bits per heavy atom. The summed E-state index contributed by atoms with van der Waals surface area (Å²) in [7, 11) is 0. The number of hydrogen-bond acceptors (Lipinski definition) is 5. The van der Waals surface area contributed by atoms with Crippen LogP contribution >= 0.6 is 11.3 Å².